The first-order valence-corrected chi connectivity index (χ1v) is 6.26. The van der Waals surface area contributed by atoms with Crippen LogP contribution >= 0.6 is 0 Å². The molecule has 0 amide bonds. The van der Waals surface area contributed by atoms with Crippen molar-refractivity contribution in [2.45, 2.75) is 46.8 Å². The van der Waals surface area contributed by atoms with E-state index in [4.69, 9.17) is 9.47 Å². The molecule has 1 aromatic heterocycles. The number of nitrogens with one attached hydrogen (secondary N) is 1. The predicted octanol–water partition coefficient (Wildman–Crippen LogP) is 1.91. The summed E-state index contributed by atoms with van der Waals surface area (Å²) in [5.74, 6) is 0.400. The van der Waals surface area contributed by atoms with E-state index in [0.29, 0.717) is 32.1 Å². The molecule has 1 rings (SSSR count). The van der Waals surface area contributed by atoms with Crippen molar-refractivity contribution >= 4 is 0 Å². The molecule has 17 heavy (non-hydrogen) atoms. The molecule has 0 aliphatic rings. The Balaban J connectivity index is 2.89. The third-order valence-corrected chi connectivity index (χ3v) is 2.46. The summed E-state index contributed by atoms with van der Waals surface area (Å²) in [7, 11) is 0. The number of rotatable bonds is 8. The molecule has 0 aliphatic carbocycles. The summed E-state index contributed by atoms with van der Waals surface area (Å²) in [5, 5.41) is 3.06. The molecule has 98 valence electrons. The van der Waals surface area contributed by atoms with Crippen LogP contribution in [-0.2, 0) is 17.9 Å². The lowest BCUT2D eigenvalue weighted by atomic mass is 10.3. The Morgan fingerprint density at radius 1 is 1.24 bits per heavy atom. The van der Waals surface area contributed by atoms with Gasteiger partial charge in [-0.25, -0.2) is 4.68 Å². The number of hydrogen-bond donors (Lipinski definition) is 1. The summed E-state index contributed by atoms with van der Waals surface area (Å²) in [6.07, 6.45) is 2.02. The van der Waals surface area contributed by atoms with E-state index in [0.717, 1.165) is 18.5 Å². The van der Waals surface area contributed by atoms with Gasteiger partial charge < -0.3 is 9.47 Å². The number of ether oxygens (including phenoxy) is 2. The van der Waals surface area contributed by atoms with E-state index in [9.17, 15) is 4.79 Å². The topological polar surface area (TPSA) is 56.2 Å². The molecule has 0 atom stereocenters. The van der Waals surface area contributed by atoms with Crippen molar-refractivity contribution in [3.63, 3.8) is 0 Å². The second-order valence-electron chi connectivity index (χ2n) is 3.80. The number of hydrogen-bond acceptors (Lipinski definition) is 3. The minimum absolute atomic E-state index is 0.0880. The summed E-state index contributed by atoms with van der Waals surface area (Å²) in [5.41, 5.74) is 0.643. The maximum Gasteiger partial charge on any atom is 0.309 e. The summed E-state index contributed by atoms with van der Waals surface area (Å²) in [6.45, 7) is 8.08. The lowest BCUT2D eigenvalue weighted by Gasteiger charge is -2.02. The Hall–Kier alpha value is -1.23. The average Bonchev–Trinajstić information content (AvgIpc) is 2.62. The van der Waals surface area contributed by atoms with Crippen molar-refractivity contribution in [1.82, 2.24) is 9.78 Å². The third kappa shape index (κ3) is 3.63. The number of H-pyrrole nitrogens is 1. The van der Waals surface area contributed by atoms with Crippen LogP contribution < -0.4 is 10.3 Å². The third-order valence-electron chi connectivity index (χ3n) is 2.46. The fourth-order valence-corrected chi connectivity index (χ4v) is 1.58. The molecule has 0 saturated heterocycles. The van der Waals surface area contributed by atoms with Gasteiger partial charge in [-0.05, 0) is 20.3 Å². The Morgan fingerprint density at radius 2 is 2.00 bits per heavy atom. The standard InChI is InChI=1S/C12H22N2O3/c1-4-7-8-14-12(15)11(17-6-3)10(13-14)9-16-5-2/h13H,4-9H2,1-3H3. The van der Waals surface area contributed by atoms with Gasteiger partial charge in [0.1, 0.15) is 5.69 Å². The predicted molar refractivity (Wildman–Crippen MR) is 66.5 cm³/mol. The number of aromatic amines is 1. The van der Waals surface area contributed by atoms with Crippen LogP contribution in [0.5, 0.6) is 5.75 Å². The van der Waals surface area contributed by atoms with Crippen molar-refractivity contribution < 1.29 is 9.47 Å². The number of aromatic nitrogens is 2. The molecule has 1 aromatic rings. The maximum absolute atomic E-state index is 12.0. The van der Waals surface area contributed by atoms with Gasteiger partial charge in [-0.3, -0.25) is 9.89 Å². The molecular formula is C12H22N2O3. The van der Waals surface area contributed by atoms with Crippen molar-refractivity contribution in [2.75, 3.05) is 13.2 Å². The molecule has 0 bridgehead atoms. The van der Waals surface area contributed by atoms with Crippen LogP contribution in [0.15, 0.2) is 4.79 Å². The Morgan fingerprint density at radius 3 is 2.59 bits per heavy atom. The number of aryl methyl sites for hydroxylation is 1. The first-order valence-electron chi connectivity index (χ1n) is 6.26. The van der Waals surface area contributed by atoms with Crippen LogP contribution in [0, 0.1) is 0 Å². The zero-order valence-corrected chi connectivity index (χ0v) is 10.9. The lowest BCUT2D eigenvalue weighted by Crippen LogP contribution is -2.18. The summed E-state index contributed by atoms with van der Waals surface area (Å²) < 4.78 is 12.3. The number of unbranched alkanes of at least 4 members (excludes halogenated alkanes) is 1. The molecular weight excluding hydrogens is 220 g/mol. The second kappa shape index (κ2) is 7.17. The summed E-state index contributed by atoms with van der Waals surface area (Å²) in [4.78, 5) is 12.0. The van der Waals surface area contributed by atoms with Crippen molar-refractivity contribution in [3.8, 4) is 5.75 Å². The Bertz CT molecular complexity index is 382. The molecule has 0 aromatic carbocycles. The van der Waals surface area contributed by atoms with Crippen molar-refractivity contribution in [1.29, 1.82) is 0 Å². The van der Waals surface area contributed by atoms with E-state index < -0.39 is 0 Å². The van der Waals surface area contributed by atoms with Crippen LogP contribution in [0.1, 0.15) is 39.3 Å². The van der Waals surface area contributed by atoms with Gasteiger partial charge in [-0.2, -0.15) is 0 Å². The normalized spacial score (nSPS) is 10.8. The molecule has 5 nitrogen and oxygen atoms in total. The Kier molecular flexibility index (Phi) is 5.83. The van der Waals surface area contributed by atoms with Gasteiger partial charge in [0.25, 0.3) is 0 Å². The zero-order chi connectivity index (χ0) is 12.7. The molecule has 0 radical (unpaired) electrons. The smallest absolute Gasteiger partial charge is 0.309 e. The van der Waals surface area contributed by atoms with Gasteiger partial charge in [0.05, 0.1) is 13.2 Å². The Labute approximate surface area is 102 Å². The first kappa shape index (κ1) is 13.8. The van der Waals surface area contributed by atoms with E-state index in [1.165, 1.54) is 0 Å². The second-order valence-corrected chi connectivity index (χ2v) is 3.80. The highest BCUT2D eigenvalue weighted by Crippen LogP contribution is 2.12. The van der Waals surface area contributed by atoms with Crippen LogP contribution in [0.2, 0.25) is 0 Å². The maximum atomic E-state index is 12.0. The van der Waals surface area contributed by atoms with E-state index in [-0.39, 0.29) is 5.56 Å². The van der Waals surface area contributed by atoms with Gasteiger partial charge in [0, 0.05) is 13.2 Å². The van der Waals surface area contributed by atoms with Crippen LogP contribution in [0.3, 0.4) is 0 Å². The highest BCUT2D eigenvalue weighted by atomic mass is 16.5. The van der Waals surface area contributed by atoms with Crippen LogP contribution in [-0.4, -0.2) is 23.0 Å². The summed E-state index contributed by atoms with van der Waals surface area (Å²) >= 11 is 0. The van der Waals surface area contributed by atoms with E-state index in [1.54, 1.807) is 4.68 Å². The van der Waals surface area contributed by atoms with Crippen LogP contribution in [0.4, 0.5) is 0 Å². The number of nitrogens with zero attached hydrogens (tertiary/aromatic N) is 1. The fraction of sp³-hybridized carbons (Fsp3) is 0.750. The quantitative estimate of drug-likeness (QED) is 0.757. The largest absolute Gasteiger partial charge is 0.487 e. The van der Waals surface area contributed by atoms with Crippen LogP contribution in [0.25, 0.3) is 0 Å². The van der Waals surface area contributed by atoms with Crippen molar-refractivity contribution in [3.05, 3.63) is 16.0 Å². The molecule has 1 N–H and O–H groups in total. The van der Waals surface area contributed by atoms with E-state index in [2.05, 4.69) is 12.0 Å². The minimum atomic E-state index is -0.0880. The molecule has 0 saturated carbocycles. The SMILES string of the molecule is CCCCn1[nH]c(COCC)c(OCC)c1=O. The first-order chi connectivity index (χ1) is 8.24. The van der Waals surface area contributed by atoms with Gasteiger partial charge in [-0.15, -0.1) is 0 Å². The average molecular weight is 242 g/mol. The monoisotopic (exact) mass is 242 g/mol. The zero-order valence-electron chi connectivity index (χ0n) is 10.9. The molecule has 0 fully saturated rings. The summed E-state index contributed by atoms with van der Waals surface area (Å²) in [6, 6.07) is 0. The van der Waals surface area contributed by atoms with E-state index in [1.807, 2.05) is 13.8 Å². The lowest BCUT2D eigenvalue weighted by molar-refractivity contribution is 0.128. The van der Waals surface area contributed by atoms with Crippen molar-refractivity contribution in [2.24, 2.45) is 0 Å². The molecule has 0 unspecified atom stereocenters. The van der Waals surface area contributed by atoms with Gasteiger partial charge >= 0.3 is 5.56 Å². The molecule has 1 heterocycles. The minimum Gasteiger partial charge on any atom is -0.487 e. The van der Waals surface area contributed by atoms with Gasteiger partial charge in [0.15, 0.2) is 0 Å². The van der Waals surface area contributed by atoms with Gasteiger partial charge in [0.2, 0.25) is 5.75 Å². The highest BCUT2D eigenvalue weighted by molar-refractivity contribution is 5.24. The molecule has 5 heteroatoms. The molecule has 0 spiro atoms. The van der Waals surface area contributed by atoms with E-state index >= 15 is 0 Å². The van der Waals surface area contributed by atoms with Gasteiger partial charge in [-0.1, -0.05) is 13.3 Å². The fourth-order valence-electron chi connectivity index (χ4n) is 1.58. The molecule has 0 aliphatic heterocycles. The highest BCUT2D eigenvalue weighted by Gasteiger charge is 2.14.